The van der Waals surface area contributed by atoms with Gasteiger partial charge in [-0.25, -0.2) is 0 Å². The number of hydrogen-bond acceptors (Lipinski definition) is 2. The molecule has 0 fully saturated rings. The smallest absolute Gasteiger partial charge is 0.149 e. The molecule has 0 spiro atoms. The molecule has 0 unspecified atom stereocenters. The van der Waals surface area contributed by atoms with E-state index in [0.717, 1.165) is 29.9 Å². The second kappa shape index (κ2) is 4.71. The highest BCUT2D eigenvalue weighted by Gasteiger charge is 2.04. The fourth-order valence-electron chi connectivity index (χ4n) is 1.08. The summed E-state index contributed by atoms with van der Waals surface area (Å²) in [5.41, 5.74) is 1.85. The van der Waals surface area contributed by atoms with E-state index in [9.17, 15) is 0 Å². The van der Waals surface area contributed by atoms with E-state index in [4.69, 9.17) is 4.52 Å². The summed E-state index contributed by atoms with van der Waals surface area (Å²) in [4.78, 5) is 0. The van der Waals surface area contributed by atoms with Gasteiger partial charge in [0.05, 0.1) is 11.3 Å². The van der Waals surface area contributed by atoms with Crippen molar-refractivity contribution < 1.29 is 4.52 Å². The first kappa shape index (κ1) is 9.85. The van der Waals surface area contributed by atoms with Gasteiger partial charge in [-0.3, -0.25) is 0 Å². The van der Waals surface area contributed by atoms with Gasteiger partial charge in [0.1, 0.15) is 5.76 Å². The summed E-state index contributed by atoms with van der Waals surface area (Å²) < 4.78 is 5.00. The van der Waals surface area contributed by atoms with Crippen molar-refractivity contribution in [3.8, 4) is 11.8 Å². The molecule has 2 nitrogen and oxygen atoms in total. The van der Waals surface area contributed by atoms with Gasteiger partial charge in [0.25, 0.3) is 0 Å². The van der Waals surface area contributed by atoms with Crippen LogP contribution in [0.3, 0.4) is 0 Å². The van der Waals surface area contributed by atoms with Crippen LogP contribution in [0.15, 0.2) is 4.52 Å². The molecule has 0 saturated carbocycles. The zero-order chi connectivity index (χ0) is 9.68. The normalized spacial score (nSPS) is 9.46. The Labute approximate surface area is 79.3 Å². The van der Waals surface area contributed by atoms with Gasteiger partial charge in [0, 0.05) is 6.42 Å². The van der Waals surface area contributed by atoms with Gasteiger partial charge in [0.2, 0.25) is 0 Å². The summed E-state index contributed by atoms with van der Waals surface area (Å²) in [7, 11) is 0. The largest absolute Gasteiger partial charge is 0.360 e. The molecule has 2 heteroatoms. The lowest BCUT2D eigenvalue weighted by atomic mass is 10.2. The molecule has 0 aliphatic heterocycles. The Kier molecular flexibility index (Phi) is 3.57. The molecule has 0 aliphatic rings. The summed E-state index contributed by atoms with van der Waals surface area (Å²) in [6.07, 6.45) is 3.31. The minimum absolute atomic E-state index is 0.821. The number of aryl methyl sites for hydroxylation is 2. The molecule has 0 saturated heterocycles. The van der Waals surface area contributed by atoms with E-state index in [1.165, 1.54) is 6.42 Å². The van der Waals surface area contributed by atoms with Gasteiger partial charge in [-0.05, 0) is 20.3 Å². The number of nitrogens with zero attached hydrogens (tertiary/aromatic N) is 1. The van der Waals surface area contributed by atoms with E-state index in [1.54, 1.807) is 0 Å². The van der Waals surface area contributed by atoms with E-state index in [1.807, 2.05) is 13.8 Å². The summed E-state index contributed by atoms with van der Waals surface area (Å²) in [6.45, 7) is 5.97. The van der Waals surface area contributed by atoms with E-state index in [2.05, 4.69) is 23.9 Å². The Morgan fingerprint density at radius 3 is 2.69 bits per heavy atom. The number of aromatic nitrogens is 1. The van der Waals surface area contributed by atoms with Crippen molar-refractivity contribution in [3.63, 3.8) is 0 Å². The lowest BCUT2D eigenvalue weighted by Gasteiger charge is -1.86. The zero-order valence-corrected chi connectivity index (χ0v) is 8.48. The Morgan fingerprint density at radius 1 is 1.38 bits per heavy atom. The molecule has 1 heterocycles. The molecule has 0 atom stereocenters. The lowest BCUT2D eigenvalue weighted by Crippen LogP contribution is -1.78. The Morgan fingerprint density at radius 2 is 2.15 bits per heavy atom. The maximum absolute atomic E-state index is 5.00. The van der Waals surface area contributed by atoms with Crippen molar-refractivity contribution in [1.29, 1.82) is 0 Å². The maximum atomic E-state index is 5.00. The van der Waals surface area contributed by atoms with Crippen LogP contribution in [0.25, 0.3) is 0 Å². The standard InChI is InChI=1S/C11H15NO/c1-4-5-6-7-8-11-9(2)12-13-10(11)3/h4-6H2,1-3H3. The molecule has 0 amide bonds. The quantitative estimate of drug-likeness (QED) is 0.513. The predicted octanol–water partition coefficient (Wildman–Crippen LogP) is 2.83. The third-order valence-electron chi connectivity index (χ3n) is 1.90. The van der Waals surface area contributed by atoms with Crippen molar-refractivity contribution in [3.05, 3.63) is 17.0 Å². The van der Waals surface area contributed by atoms with Crippen molar-refractivity contribution in [2.24, 2.45) is 0 Å². The SMILES string of the molecule is CCCCC#Cc1c(C)noc1C. The molecular formula is C11H15NO. The molecule has 0 radical (unpaired) electrons. The first-order valence-electron chi connectivity index (χ1n) is 4.67. The second-order valence-electron chi connectivity index (χ2n) is 3.10. The van der Waals surface area contributed by atoms with Crippen molar-refractivity contribution >= 4 is 0 Å². The van der Waals surface area contributed by atoms with Crippen molar-refractivity contribution in [2.75, 3.05) is 0 Å². The van der Waals surface area contributed by atoms with Crippen LogP contribution < -0.4 is 0 Å². The van der Waals surface area contributed by atoms with Crippen molar-refractivity contribution in [2.45, 2.75) is 40.0 Å². The van der Waals surface area contributed by atoms with Gasteiger partial charge in [-0.15, -0.1) is 0 Å². The average molecular weight is 177 g/mol. The molecule has 1 rings (SSSR count). The van der Waals surface area contributed by atoms with E-state index in [-0.39, 0.29) is 0 Å². The summed E-state index contributed by atoms with van der Waals surface area (Å²) in [5.74, 6) is 7.03. The van der Waals surface area contributed by atoms with E-state index >= 15 is 0 Å². The maximum Gasteiger partial charge on any atom is 0.149 e. The fourth-order valence-corrected chi connectivity index (χ4v) is 1.08. The number of rotatable bonds is 2. The molecule has 70 valence electrons. The molecule has 0 aromatic carbocycles. The average Bonchev–Trinajstić information content (AvgIpc) is 2.42. The molecule has 13 heavy (non-hydrogen) atoms. The molecule has 0 N–H and O–H groups in total. The van der Waals surface area contributed by atoms with E-state index in [0.29, 0.717) is 0 Å². The van der Waals surface area contributed by atoms with Gasteiger partial charge in [-0.1, -0.05) is 30.3 Å². The summed E-state index contributed by atoms with van der Waals surface area (Å²) >= 11 is 0. The van der Waals surface area contributed by atoms with Crippen LogP contribution in [0.5, 0.6) is 0 Å². The van der Waals surface area contributed by atoms with Crippen LogP contribution >= 0.6 is 0 Å². The monoisotopic (exact) mass is 177 g/mol. The number of hydrogen-bond donors (Lipinski definition) is 0. The van der Waals surface area contributed by atoms with Crippen LogP contribution in [-0.2, 0) is 0 Å². The van der Waals surface area contributed by atoms with Crippen LogP contribution in [0.4, 0.5) is 0 Å². The number of unbranched alkanes of at least 4 members (excludes halogenated alkanes) is 2. The molecular weight excluding hydrogens is 162 g/mol. The van der Waals surface area contributed by atoms with Gasteiger partial charge >= 0.3 is 0 Å². The predicted molar refractivity (Wildman–Crippen MR) is 52.4 cm³/mol. The summed E-state index contributed by atoms with van der Waals surface area (Å²) in [5, 5.41) is 3.84. The van der Waals surface area contributed by atoms with Gasteiger partial charge in [0.15, 0.2) is 0 Å². The van der Waals surface area contributed by atoms with Crippen molar-refractivity contribution in [1.82, 2.24) is 5.16 Å². The fraction of sp³-hybridized carbons (Fsp3) is 0.545. The Hall–Kier alpha value is -1.23. The van der Waals surface area contributed by atoms with Crippen LogP contribution in [0.2, 0.25) is 0 Å². The molecule has 1 aromatic rings. The topological polar surface area (TPSA) is 26.0 Å². The minimum Gasteiger partial charge on any atom is -0.360 e. The highest BCUT2D eigenvalue weighted by Crippen LogP contribution is 2.09. The molecule has 1 aromatic heterocycles. The van der Waals surface area contributed by atoms with E-state index < -0.39 is 0 Å². The van der Waals surface area contributed by atoms with Crippen LogP contribution in [-0.4, -0.2) is 5.16 Å². The first-order valence-corrected chi connectivity index (χ1v) is 4.67. The van der Waals surface area contributed by atoms with Crippen LogP contribution in [0, 0.1) is 25.7 Å². The Balaban J connectivity index is 2.65. The third-order valence-corrected chi connectivity index (χ3v) is 1.90. The lowest BCUT2D eigenvalue weighted by molar-refractivity contribution is 0.393. The first-order chi connectivity index (χ1) is 6.25. The van der Waals surface area contributed by atoms with Gasteiger partial charge < -0.3 is 4.52 Å². The second-order valence-corrected chi connectivity index (χ2v) is 3.10. The summed E-state index contributed by atoms with van der Waals surface area (Å²) in [6, 6.07) is 0. The van der Waals surface area contributed by atoms with Crippen LogP contribution in [0.1, 0.15) is 43.2 Å². The third kappa shape index (κ3) is 2.62. The molecule has 0 aliphatic carbocycles. The highest BCUT2D eigenvalue weighted by molar-refractivity contribution is 5.39. The highest BCUT2D eigenvalue weighted by atomic mass is 16.5. The zero-order valence-electron chi connectivity index (χ0n) is 8.48. The Bertz CT molecular complexity index is 308. The van der Waals surface area contributed by atoms with Gasteiger partial charge in [-0.2, -0.15) is 0 Å². The molecule has 0 bridgehead atoms. The minimum atomic E-state index is 0.821.